The maximum Gasteiger partial charge on any atom is 0.217 e. The third kappa shape index (κ3) is 5.94. The van der Waals surface area contributed by atoms with Crippen LogP contribution in [0.1, 0.15) is 13.3 Å². The van der Waals surface area contributed by atoms with Gasteiger partial charge >= 0.3 is 0 Å². The highest BCUT2D eigenvalue weighted by Crippen LogP contribution is 2.22. The number of hydrogen-bond acceptors (Lipinski definition) is 6. The van der Waals surface area contributed by atoms with Crippen LogP contribution in [0.2, 0.25) is 25.7 Å². The van der Waals surface area contributed by atoms with Crippen LogP contribution < -0.4 is 5.32 Å². The molecule has 1 saturated heterocycles. The average Bonchev–Trinajstić information content (AvgIpc) is 2.40. The van der Waals surface area contributed by atoms with Crippen molar-refractivity contribution in [2.45, 2.75) is 69.7 Å². The van der Waals surface area contributed by atoms with Crippen molar-refractivity contribution in [3.8, 4) is 0 Å². The maximum atomic E-state index is 11.3. The molecule has 0 spiro atoms. The van der Waals surface area contributed by atoms with Gasteiger partial charge in [0.25, 0.3) is 0 Å². The van der Waals surface area contributed by atoms with Gasteiger partial charge in [-0.1, -0.05) is 25.7 Å². The second-order valence-electron chi connectivity index (χ2n) is 6.97. The first-order valence-corrected chi connectivity index (χ1v) is 11.4. The van der Waals surface area contributed by atoms with Crippen LogP contribution in [-0.2, 0) is 14.3 Å². The van der Waals surface area contributed by atoms with Gasteiger partial charge in [0.15, 0.2) is 6.29 Å². The first kappa shape index (κ1) is 19.5. The van der Waals surface area contributed by atoms with E-state index in [-0.39, 0.29) is 5.91 Å². The van der Waals surface area contributed by atoms with E-state index in [1.54, 1.807) is 0 Å². The molecule has 0 bridgehead atoms. The molecule has 7 nitrogen and oxygen atoms in total. The Morgan fingerprint density at radius 2 is 1.91 bits per heavy atom. The van der Waals surface area contributed by atoms with Gasteiger partial charge in [-0.2, -0.15) is 0 Å². The van der Waals surface area contributed by atoms with Crippen molar-refractivity contribution >= 4 is 14.0 Å². The molecule has 1 heterocycles. The molecule has 1 rings (SSSR count). The summed E-state index contributed by atoms with van der Waals surface area (Å²) in [6.45, 7) is 8.13. The lowest BCUT2D eigenvalue weighted by Gasteiger charge is -2.42. The lowest BCUT2D eigenvalue weighted by Crippen LogP contribution is -2.64. The SMILES string of the molecule is CC(=O)N[C@H]1[C@H](OCCC[Si](C)(C)C)O[C@H](CO)[C@@H](O)[C@@H]1O. The van der Waals surface area contributed by atoms with Crippen molar-refractivity contribution in [1.29, 1.82) is 0 Å². The summed E-state index contributed by atoms with van der Waals surface area (Å²) in [6.07, 6.45) is -3.48. The summed E-state index contributed by atoms with van der Waals surface area (Å²) < 4.78 is 11.1. The number of nitrogens with one attached hydrogen (secondary N) is 1. The molecule has 0 saturated carbocycles. The van der Waals surface area contributed by atoms with Crippen molar-refractivity contribution in [2.24, 2.45) is 0 Å². The normalized spacial score (nSPS) is 32.8. The molecule has 1 amide bonds. The molecule has 0 aromatic carbocycles. The Balaban J connectivity index is 2.63. The summed E-state index contributed by atoms with van der Waals surface area (Å²) in [6, 6.07) is 0.237. The molecule has 0 aromatic heterocycles. The quantitative estimate of drug-likeness (QED) is 0.375. The molecule has 0 aliphatic carbocycles. The number of aliphatic hydroxyl groups excluding tert-OH is 3. The molecule has 4 N–H and O–H groups in total. The third-order valence-electron chi connectivity index (χ3n) is 3.60. The number of amides is 1. The number of rotatable bonds is 7. The second kappa shape index (κ2) is 8.37. The van der Waals surface area contributed by atoms with Crippen LogP contribution in [-0.4, -0.2) is 73.2 Å². The van der Waals surface area contributed by atoms with E-state index in [2.05, 4.69) is 25.0 Å². The molecular weight excluding hydrogens is 306 g/mol. The number of ether oxygens (including phenoxy) is 2. The topological polar surface area (TPSA) is 108 Å². The van der Waals surface area contributed by atoms with E-state index in [0.29, 0.717) is 6.61 Å². The van der Waals surface area contributed by atoms with E-state index >= 15 is 0 Å². The molecule has 22 heavy (non-hydrogen) atoms. The number of carbonyl (C=O) groups is 1. The van der Waals surface area contributed by atoms with Crippen LogP contribution in [0.4, 0.5) is 0 Å². The highest BCUT2D eigenvalue weighted by molar-refractivity contribution is 6.76. The Bertz CT molecular complexity index is 362. The zero-order chi connectivity index (χ0) is 16.9. The molecule has 0 unspecified atom stereocenters. The van der Waals surface area contributed by atoms with Gasteiger partial charge < -0.3 is 30.1 Å². The Morgan fingerprint density at radius 1 is 1.27 bits per heavy atom. The van der Waals surface area contributed by atoms with Crippen molar-refractivity contribution < 1.29 is 29.6 Å². The van der Waals surface area contributed by atoms with Crippen LogP contribution in [0, 0.1) is 0 Å². The monoisotopic (exact) mass is 335 g/mol. The standard InChI is InChI=1S/C14H29NO6Si/c1-9(17)15-11-13(19)12(18)10(8-16)21-14(11)20-6-5-7-22(2,3)4/h10-14,16,18-19H,5-8H2,1-4H3,(H,15,17)/t10-,11-,12-,13-,14-/m1/s1. The largest absolute Gasteiger partial charge is 0.394 e. The smallest absolute Gasteiger partial charge is 0.217 e. The van der Waals surface area contributed by atoms with Crippen LogP contribution >= 0.6 is 0 Å². The van der Waals surface area contributed by atoms with Crippen LogP contribution in [0.15, 0.2) is 0 Å². The fourth-order valence-corrected chi connectivity index (χ4v) is 3.62. The minimum absolute atomic E-state index is 0.349. The highest BCUT2D eigenvalue weighted by Gasteiger charge is 2.45. The van der Waals surface area contributed by atoms with Crippen LogP contribution in [0.5, 0.6) is 0 Å². The summed E-state index contributed by atoms with van der Waals surface area (Å²) in [5.74, 6) is -0.349. The van der Waals surface area contributed by atoms with E-state index in [4.69, 9.17) is 9.47 Å². The van der Waals surface area contributed by atoms with Gasteiger partial charge in [-0.3, -0.25) is 4.79 Å². The minimum Gasteiger partial charge on any atom is -0.394 e. The molecule has 0 aromatic rings. The van der Waals surface area contributed by atoms with Crippen molar-refractivity contribution in [2.75, 3.05) is 13.2 Å². The van der Waals surface area contributed by atoms with Gasteiger partial charge in [0.2, 0.25) is 5.91 Å². The lowest BCUT2D eigenvalue weighted by atomic mass is 9.97. The summed E-state index contributed by atoms with van der Waals surface area (Å²) in [5, 5.41) is 31.7. The molecule has 130 valence electrons. The number of carbonyl (C=O) groups excluding carboxylic acids is 1. The maximum absolute atomic E-state index is 11.3. The van der Waals surface area contributed by atoms with E-state index in [1.165, 1.54) is 6.92 Å². The van der Waals surface area contributed by atoms with Gasteiger partial charge in [-0.05, 0) is 6.42 Å². The average molecular weight is 335 g/mol. The van der Waals surface area contributed by atoms with Gasteiger partial charge in [0, 0.05) is 21.6 Å². The van der Waals surface area contributed by atoms with Crippen LogP contribution in [0.3, 0.4) is 0 Å². The Labute approximate surface area is 132 Å². The van der Waals surface area contributed by atoms with E-state index in [9.17, 15) is 20.1 Å². The van der Waals surface area contributed by atoms with Gasteiger partial charge in [0.1, 0.15) is 24.4 Å². The molecule has 0 radical (unpaired) electrons. The van der Waals surface area contributed by atoms with E-state index in [1.807, 2.05) is 0 Å². The fraction of sp³-hybridized carbons (Fsp3) is 0.929. The number of hydrogen-bond donors (Lipinski definition) is 4. The van der Waals surface area contributed by atoms with E-state index < -0.39 is 45.3 Å². The van der Waals surface area contributed by atoms with Crippen LogP contribution in [0.25, 0.3) is 0 Å². The fourth-order valence-electron chi connectivity index (χ4n) is 2.41. The minimum atomic E-state index is -1.27. The first-order valence-electron chi connectivity index (χ1n) is 7.67. The van der Waals surface area contributed by atoms with Gasteiger partial charge in [-0.15, -0.1) is 0 Å². The molecule has 5 atom stereocenters. The van der Waals surface area contributed by atoms with Crippen molar-refractivity contribution in [3.63, 3.8) is 0 Å². The lowest BCUT2D eigenvalue weighted by molar-refractivity contribution is -0.270. The summed E-state index contributed by atoms with van der Waals surface area (Å²) in [7, 11) is -1.15. The predicted octanol–water partition coefficient (Wildman–Crippen LogP) is -0.325. The second-order valence-corrected chi connectivity index (χ2v) is 12.6. The highest BCUT2D eigenvalue weighted by atomic mass is 28.3. The predicted molar refractivity (Wildman–Crippen MR) is 84.1 cm³/mol. The zero-order valence-corrected chi connectivity index (χ0v) is 14.8. The first-order chi connectivity index (χ1) is 10.2. The van der Waals surface area contributed by atoms with Gasteiger partial charge in [-0.25, -0.2) is 0 Å². The van der Waals surface area contributed by atoms with Gasteiger partial charge in [0.05, 0.1) is 6.61 Å². The van der Waals surface area contributed by atoms with Crippen molar-refractivity contribution in [1.82, 2.24) is 5.32 Å². The molecule has 1 aliphatic rings. The van der Waals surface area contributed by atoms with E-state index in [0.717, 1.165) is 12.5 Å². The zero-order valence-electron chi connectivity index (χ0n) is 13.8. The summed E-state index contributed by atoms with van der Waals surface area (Å²) in [4.78, 5) is 11.3. The Hall–Kier alpha value is -0.513. The summed E-state index contributed by atoms with van der Waals surface area (Å²) >= 11 is 0. The molecule has 1 aliphatic heterocycles. The molecule has 8 heteroatoms. The third-order valence-corrected chi connectivity index (χ3v) is 5.46. The number of aliphatic hydroxyl groups is 3. The van der Waals surface area contributed by atoms with Crippen molar-refractivity contribution in [3.05, 3.63) is 0 Å². The Kier molecular flexibility index (Phi) is 7.43. The summed E-state index contributed by atoms with van der Waals surface area (Å²) in [5.41, 5.74) is 0. The molecule has 1 fully saturated rings. The molecular formula is C14H29NO6Si. The Morgan fingerprint density at radius 3 is 2.41 bits per heavy atom.